The fourth-order valence-corrected chi connectivity index (χ4v) is 2.21. The number of benzene rings is 1. The maximum Gasteiger partial charge on any atom is 0.111 e. The van der Waals surface area contributed by atoms with Gasteiger partial charge in [-0.05, 0) is 25.0 Å². The van der Waals surface area contributed by atoms with E-state index in [0.29, 0.717) is 5.84 Å². The Morgan fingerprint density at radius 3 is 2.64 bits per heavy atom. The van der Waals surface area contributed by atoms with E-state index in [-0.39, 0.29) is 5.41 Å². The van der Waals surface area contributed by atoms with Crippen LogP contribution in [-0.2, 0) is 5.41 Å². The van der Waals surface area contributed by atoms with Crippen LogP contribution in [0.2, 0.25) is 0 Å². The van der Waals surface area contributed by atoms with Crippen molar-refractivity contribution in [1.29, 1.82) is 5.41 Å². The summed E-state index contributed by atoms with van der Waals surface area (Å²) in [5.74, 6) is 0.709. The molecule has 0 unspecified atom stereocenters. The molecule has 1 aromatic carbocycles. The van der Waals surface area contributed by atoms with Crippen molar-refractivity contribution >= 4 is 11.5 Å². The minimum absolute atomic E-state index is 0.0919. The second kappa shape index (κ2) is 2.84. The first-order valence-electron chi connectivity index (χ1n) is 5.03. The highest BCUT2D eigenvalue weighted by Crippen LogP contribution is 2.42. The molecular weight excluding hydrogens is 172 g/mol. The molecule has 0 fully saturated rings. The summed E-state index contributed by atoms with van der Waals surface area (Å²) in [4.78, 5) is 1.98. The Kier molecular flexibility index (Phi) is 1.88. The van der Waals surface area contributed by atoms with Crippen LogP contribution in [0, 0.1) is 5.41 Å². The number of para-hydroxylation sites is 1. The monoisotopic (exact) mass is 188 g/mol. The number of rotatable bonds is 1. The van der Waals surface area contributed by atoms with E-state index >= 15 is 0 Å². The zero-order chi connectivity index (χ0) is 10.3. The molecule has 1 aliphatic rings. The fourth-order valence-electron chi connectivity index (χ4n) is 2.21. The number of amidine groups is 1. The molecule has 1 N–H and O–H groups in total. The highest BCUT2D eigenvalue weighted by molar-refractivity contribution is 6.09. The van der Waals surface area contributed by atoms with Gasteiger partial charge in [0.05, 0.1) is 5.41 Å². The predicted molar refractivity (Wildman–Crippen MR) is 60.2 cm³/mol. The molecule has 2 nitrogen and oxygen atoms in total. The smallest absolute Gasteiger partial charge is 0.111 e. The maximum atomic E-state index is 8.12. The van der Waals surface area contributed by atoms with E-state index < -0.39 is 0 Å². The Labute approximate surface area is 85.1 Å². The van der Waals surface area contributed by atoms with Crippen molar-refractivity contribution in [2.75, 3.05) is 11.9 Å². The van der Waals surface area contributed by atoms with Crippen LogP contribution < -0.4 is 4.90 Å². The molecule has 0 bridgehead atoms. The van der Waals surface area contributed by atoms with E-state index in [9.17, 15) is 0 Å². The molecule has 0 radical (unpaired) electrons. The Morgan fingerprint density at radius 1 is 1.36 bits per heavy atom. The van der Waals surface area contributed by atoms with Crippen LogP contribution >= 0.6 is 0 Å². The summed E-state index contributed by atoms with van der Waals surface area (Å²) in [5.41, 5.74) is 2.38. The molecule has 0 spiro atoms. The van der Waals surface area contributed by atoms with Gasteiger partial charge in [0.15, 0.2) is 0 Å². The number of likely N-dealkylation sites (N-methyl/N-ethyl adjacent to an activating group) is 1. The third-order valence-corrected chi connectivity index (χ3v) is 3.43. The molecule has 0 aliphatic carbocycles. The minimum atomic E-state index is -0.0919. The molecule has 1 heterocycles. The lowest BCUT2D eigenvalue weighted by molar-refractivity contribution is 0.620. The summed E-state index contributed by atoms with van der Waals surface area (Å²) in [6.45, 7) is 4.29. The van der Waals surface area contributed by atoms with Gasteiger partial charge in [-0.3, -0.25) is 5.41 Å². The van der Waals surface area contributed by atoms with E-state index in [2.05, 4.69) is 32.0 Å². The van der Waals surface area contributed by atoms with Crippen LogP contribution in [-0.4, -0.2) is 12.9 Å². The predicted octanol–water partition coefficient (Wildman–Crippen LogP) is 2.78. The zero-order valence-electron chi connectivity index (χ0n) is 8.96. The van der Waals surface area contributed by atoms with E-state index in [4.69, 9.17) is 5.41 Å². The van der Waals surface area contributed by atoms with Crippen molar-refractivity contribution in [2.45, 2.75) is 25.7 Å². The summed E-state index contributed by atoms with van der Waals surface area (Å²) in [6.07, 6.45) is 0.979. The maximum absolute atomic E-state index is 8.12. The van der Waals surface area contributed by atoms with Crippen LogP contribution in [0.3, 0.4) is 0 Å². The average Bonchev–Trinajstić information content (AvgIpc) is 2.43. The van der Waals surface area contributed by atoms with Gasteiger partial charge in [-0.2, -0.15) is 0 Å². The first kappa shape index (κ1) is 9.25. The van der Waals surface area contributed by atoms with Crippen molar-refractivity contribution in [1.82, 2.24) is 0 Å². The normalized spacial score (nSPS) is 25.4. The molecule has 0 aromatic heterocycles. The fraction of sp³-hybridized carbons (Fsp3) is 0.417. The topological polar surface area (TPSA) is 27.1 Å². The highest BCUT2D eigenvalue weighted by atomic mass is 15.2. The average molecular weight is 188 g/mol. The number of nitrogens with zero attached hydrogens (tertiary/aromatic N) is 1. The van der Waals surface area contributed by atoms with Gasteiger partial charge in [-0.1, -0.05) is 25.1 Å². The van der Waals surface area contributed by atoms with Gasteiger partial charge >= 0.3 is 0 Å². The second-order valence-corrected chi connectivity index (χ2v) is 4.11. The zero-order valence-corrected chi connectivity index (χ0v) is 8.96. The van der Waals surface area contributed by atoms with E-state index in [1.165, 1.54) is 11.3 Å². The van der Waals surface area contributed by atoms with E-state index in [1.54, 1.807) is 0 Å². The highest BCUT2D eigenvalue weighted by Gasteiger charge is 2.40. The van der Waals surface area contributed by atoms with Gasteiger partial charge in [-0.25, -0.2) is 0 Å². The molecule has 74 valence electrons. The summed E-state index contributed by atoms with van der Waals surface area (Å²) in [5, 5.41) is 8.12. The molecule has 1 aromatic rings. The Hall–Kier alpha value is -1.31. The molecule has 2 heteroatoms. The molecule has 0 saturated heterocycles. The Morgan fingerprint density at radius 2 is 2.00 bits per heavy atom. The molecular formula is C12H16N2. The molecule has 1 aliphatic heterocycles. The van der Waals surface area contributed by atoms with Crippen LogP contribution in [0.25, 0.3) is 0 Å². The number of hydrogen-bond acceptors (Lipinski definition) is 1. The molecule has 0 saturated carbocycles. The number of nitrogens with one attached hydrogen (secondary N) is 1. The van der Waals surface area contributed by atoms with E-state index in [1.807, 2.05) is 18.0 Å². The minimum Gasteiger partial charge on any atom is -0.332 e. The second-order valence-electron chi connectivity index (χ2n) is 4.11. The van der Waals surface area contributed by atoms with Crippen LogP contribution in [0.15, 0.2) is 24.3 Å². The van der Waals surface area contributed by atoms with Crippen LogP contribution in [0.1, 0.15) is 25.8 Å². The van der Waals surface area contributed by atoms with E-state index in [0.717, 1.165) is 6.42 Å². The summed E-state index contributed by atoms with van der Waals surface area (Å²) >= 11 is 0. The van der Waals surface area contributed by atoms with Gasteiger partial charge in [0, 0.05) is 12.7 Å². The quantitative estimate of drug-likeness (QED) is 0.721. The Balaban J connectivity index is 2.65. The first-order chi connectivity index (χ1) is 6.61. The van der Waals surface area contributed by atoms with Crippen molar-refractivity contribution in [3.05, 3.63) is 29.8 Å². The van der Waals surface area contributed by atoms with Crippen LogP contribution in [0.5, 0.6) is 0 Å². The molecule has 0 amide bonds. The van der Waals surface area contributed by atoms with Gasteiger partial charge in [0.2, 0.25) is 0 Å². The number of hydrogen-bond donors (Lipinski definition) is 1. The lowest BCUT2D eigenvalue weighted by atomic mass is 9.81. The van der Waals surface area contributed by atoms with Crippen molar-refractivity contribution in [3.8, 4) is 0 Å². The first-order valence-corrected chi connectivity index (χ1v) is 5.03. The third-order valence-electron chi connectivity index (χ3n) is 3.43. The molecule has 2 rings (SSSR count). The van der Waals surface area contributed by atoms with Gasteiger partial charge in [0.25, 0.3) is 0 Å². The summed E-state index contributed by atoms with van der Waals surface area (Å²) in [7, 11) is 1.97. The van der Waals surface area contributed by atoms with Crippen molar-refractivity contribution in [3.63, 3.8) is 0 Å². The lowest BCUT2D eigenvalue weighted by Gasteiger charge is -2.23. The Bertz CT molecular complexity index is 384. The number of fused-ring (bicyclic) bond motifs is 1. The van der Waals surface area contributed by atoms with Gasteiger partial charge in [0.1, 0.15) is 5.84 Å². The third kappa shape index (κ3) is 0.939. The summed E-state index contributed by atoms with van der Waals surface area (Å²) < 4.78 is 0. The largest absolute Gasteiger partial charge is 0.332 e. The SMILES string of the molecule is CC[C@@]1(C)C(=N)N(C)c2ccccc21. The van der Waals surface area contributed by atoms with Crippen LogP contribution in [0.4, 0.5) is 5.69 Å². The lowest BCUT2D eigenvalue weighted by Crippen LogP contribution is -2.34. The van der Waals surface area contributed by atoms with Crippen molar-refractivity contribution in [2.24, 2.45) is 0 Å². The standard InChI is InChI=1S/C12H16N2/c1-4-12(2)9-7-5-6-8-10(9)14(3)11(12)13/h5-8,13H,4H2,1-3H3/t12-/m1/s1. The van der Waals surface area contributed by atoms with Crippen molar-refractivity contribution < 1.29 is 0 Å². The molecule has 14 heavy (non-hydrogen) atoms. The molecule has 1 atom stereocenters. The summed E-state index contributed by atoms with van der Waals surface area (Å²) in [6, 6.07) is 8.31. The van der Waals surface area contributed by atoms with Gasteiger partial charge < -0.3 is 4.90 Å². The van der Waals surface area contributed by atoms with Gasteiger partial charge in [-0.15, -0.1) is 0 Å². The number of anilines is 1.